The van der Waals surface area contributed by atoms with Crippen molar-refractivity contribution in [3.8, 4) is 0 Å². The number of ether oxygens (including phenoxy) is 4. The second-order valence-corrected chi connectivity index (χ2v) is 30.0. The molecule has 3 unspecified atom stereocenters. The zero-order chi connectivity index (χ0) is 67.9. The molecule has 0 bridgehead atoms. The van der Waals surface area contributed by atoms with Crippen LogP contribution < -0.4 is 0 Å². The van der Waals surface area contributed by atoms with Gasteiger partial charge in [0.15, 0.2) is 12.2 Å². The first-order chi connectivity index (χ1) is 44.4. The summed E-state index contributed by atoms with van der Waals surface area (Å²) in [6, 6.07) is 0. The Morgan fingerprint density at radius 1 is 0.315 bits per heavy atom. The second kappa shape index (κ2) is 65.0. The largest absolute Gasteiger partial charge is 0.472 e. The molecule has 0 aliphatic heterocycles. The van der Waals surface area contributed by atoms with Crippen molar-refractivity contribution in [1.82, 2.24) is 0 Å². The molecule has 0 saturated heterocycles. The number of carbonyl (C=O) groups excluding carboxylic acids is 4. The van der Waals surface area contributed by atoms with E-state index < -0.39 is 97.5 Å². The zero-order valence-electron chi connectivity index (χ0n) is 59.9. The van der Waals surface area contributed by atoms with Crippen molar-refractivity contribution in [1.29, 1.82) is 0 Å². The van der Waals surface area contributed by atoms with Crippen molar-refractivity contribution >= 4 is 39.5 Å². The van der Waals surface area contributed by atoms with Crippen LogP contribution in [0.4, 0.5) is 0 Å². The molecule has 0 aliphatic carbocycles. The summed E-state index contributed by atoms with van der Waals surface area (Å²) < 4.78 is 68.4. The van der Waals surface area contributed by atoms with Gasteiger partial charge in [0.2, 0.25) is 0 Å². The molecule has 0 heterocycles. The van der Waals surface area contributed by atoms with E-state index in [1.54, 1.807) is 0 Å². The van der Waals surface area contributed by atoms with Crippen molar-refractivity contribution in [2.24, 2.45) is 11.8 Å². The third kappa shape index (κ3) is 65.4. The average molecular weight is 1350 g/mol. The number of aliphatic hydroxyl groups excluding tert-OH is 1. The third-order valence-corrected chi connectivity index (χ3v) is 19.2. The number of aliphatic hydroxyl groups is 1. The van der Waals surface area contributed by atoms with E-state index in [4.69, 9.17) is 37.0 Å². The minimum atomic E-state index is -4.95. The number of esters is 4. The lowest BCUT2D eigenvalue weighted by Crippen LogP contribution is -2.30. The van der Waals surface area contributed by atoms with Gasteiger partial charge < -0.3 is 33.8 Å². The van der Waals surface area contributed by atoms with Gasteiger partial charge >= 0.3 is 39.5 Å². The number of unbranched alkanes of at least 4 members (excludes halogenated alkanes) is 41. The second-order valence-electron chi connectivity index (χ2n) is 27.1. The van der Waals surface area contributed by atoms with Gasteiger partial charge in [-0.3, -0.25) is 37.3 Å². The Kier molecular flexibility index (Phi) is 63.7. The maximum atomic E-state index is 13.1. The molecule has 0 aromatic carbocycles. The molecule has 0 rings (SSSR count). The van der Waals surface area contributed by atoms with Crippen LogP contribution in [0.25, 0.3) is 0 Å². The molecule has 19 heteroatoms. The summed E-state index contributed by atoms with van der Waals surface area (Å²) in [6.07, 6.45) is 51.3. The van der Waals surface area contributed by atoms with E-state index in [1.807, 2.05) is 0 Å². The summed E-state index contributed by atoms with van der Waals surface area (Å²) in [7, 11) is -9.90. The van der Waals surface area contributed by atoms with Crippen molar-refractivity contribution in [3.05, 3.63) is 0 Å². The van der Waals surface area contributed by atoms with E-state index in [1.165, 1.54) is 186 Å². The Hall–Kier alpha value is -1.94. The van der Waals surface area contributed by atoms with Crippen LogP contribution in [-0.2, 0) is 65.4 Å². The van der Waals surface area contributed by atoms with Crippen LogP contribution in [-0.4, -0.2) is 96.7 Å². The van der Waals surface area contributed by atoms with Gasteiger partial charge in [-0.2, -0.15) is 0 Å². The van der Waals surface area contributed by atoms with Gasteiger partial charge in [-0.25, -0.2) is 9.13 Å². The molecule has 0 amide bonds. The first-order valence-corrected chi connectivity index (χ1v) is 41.0. The Morgan fingerprint density at radius 3 is 0.826 bits per heavy atom. The molecule has 0 radical (unpaired) electrons. The Morgan fingerprint density at radius 2 is 0.554 bits per heavy atom. The van der Waals surface area contributed by atoms with E-state index in [9.17, 15) is 43.2 Å². The van der Waals surface area contributed by atoms with Crippen LogP contribution in [0.3, 0.4) is 0 Å². The highest BCUT2D eigenvalue weighted by Crippen LogP contribution is 2.45. The summed E-state index contributed by atoms with van der Waals surface area (Å²) in [6.45, 7) is 9.57. The number of phosphoric acid groups is 2. The molecule has 6 atom stereocenters. The highest BCUT2D eigenvalue weighted by atomic mass is 31.2. The molecule has 546 valence electrons. The number of phosphoric ester groups is 2. The predicted octanol–water partition coefficient (Wildman–Crippen LogP) is 21.2. The molecule has 0 aromatic heterocycles. The fraction of sp³-hybridized carbons (Fsp3) is 0.945. The van der Waals surface area contributed by atoms with Crippen molar-refractivity contribution < 1.29 is 80.2 Å². The molecule has 0 spiro atoms. The van der Waals surface area contributed by atoms with Crippen LogP contribution in [0.2, 0.25) is 0 Å². The first-order valence-electron chi connectivity index (χ1n) is 38.0. The SMILES string of the molecule is CCCCCCCCCCCCCCCCCC(=O)OC[C@H](COP(=O)(O)OC[C@@H](O)COP(=O)(O)OC[C@@H](COC(=O)CCCCCCCCCC)OC(=O)CCCCCCCCCCC(C)CC)OC(=O)CCCCCCCCCCCCCCCCC(C)C. The number of hydrogen-bond acceptors (Lipinski definition) is 15. The van der Waals surface area contributed by atoms with Gasteiger partial charge in [0, 0.05) is 25.7 Å². The van der Waals surface area contributed by atoms with Crippen molar-refractivity contribution in [2.75, 3.05) is 39.6 Å². The van der Waals surface area contributed by atoms with E-state index in [2.05, 4.69) is 41.5 Å². The molecule has 0 fully saturated rings. The molecule has 0 aromatic rings. The Balaban J connectivity index is 5.22. The van der Waals surface area contributed by atoms with Crippen molar-refractivity contribution in [3.63, 3.8) is 0 Å². The minimum absolute atomic E-state index is 0.105. The molecular weight excluding hydrogens is 1210 g/mol. The Labute approximate surface area is 562 Å². The summed E-state index contributed by atoms with van der Waals surface area (Å²) >= 11 is 0. The normalized spacial score (nSPS) is 14.4. The van der Waals surface area contributed by atoms with Gasteiger partial charge in [0.25, 0.3) is 0 Å². The summed E-state index contributed by atoms with van der Waals surface area (Å²) in [5.41, 5.74) is 0. The smallest absolute Gasteiger partial charge is 0.462 e. The molecule has 17 nitrogen and oxygen atoms in total. The third-order valence-electron chi connectivity index (χ3n) is 17.3. The number of hydrogen-bond donors (Lipinski definition) is 3. The fourth-order valence-corrected chi connectivity index (χ4v) is 12.7. The standard InChI is InChI=1S/C73H142O17P2/c1-7-10-12-14-16-18-19-20-21-25-28-31-38-44-50-56-71(76)84-62-69(89-72(77)57-51-45-39-32-29-26-23-22-24-27-30-35-41-47-53-65(4)5)64-88-92(81,82)86-60-67(74)59-85-91(79,80)87-63-68(61-83-70(75)55-49-43-37-17-15-13-11-8-2)90-73(78)58-52-46-40-34-33-36-42-48-54-66(6)9-3/h65-69,74H,7-64H2,1-6H3,(H,79,80)(H,81,82)/t66?,67-,68+,69+/m0/s1. The maximum absolute atomic E-state index is 13.1. The molecule has 3 N–H and O–H groups in total. The summed E-state index contributed by atoms with van der Waals surface area (Å²) in [5.74, 6) is -0.557. The lowest BCUT2D eigenvalue weighted by atomic mass is 9.99. The van der Waals surface area contributed by atoms with Gasteiger partial charge in [-0.05, 0) is 37.5 Å². The summed E-state index contributed by atoms with van der Waals surface area (Å²) in [4.78, 5) is 72.6. The lowest BCUT2D eigenvalue weighted by Gasteiger charge is -2.21. The van der Waals surface area contributed by atoms with Crippen LogP contribution >= 0.6 is 15.6 Å². The van der Waals surface area contributed by atoms with Crippen LogP contribution in [0.15, 0.2) is 0 Å². The highest BCUT2D eigenvalue weighted by Gasteiger charge is 2.30. The van der Waals surface area contributed by atoms with Gasteiger partial charge in [0.05, 0.1) is 26.4 Å². The van der Waals surface area contributed by atoms with Crippen molar-refractivity contribution in [2.45, 2.75) is 394 Å². The van der Waals surface area contributed by atoms with E-state index in [0.29, 0.717) is 25.7 Å². The average Bonchev–Trinajstić information content (AvgIpc) is 1.81. The topological polar surface area (TPSA) is 237 Å². The molecule has 0 aliphatic rings. The highest BCUT2D eigenvalue weighted by molar-refractivity contribution is 7.47. The molecule has 0 saturated carbocycles. The van der Waals surface area contributed by atoms with Gasteiger partial charge in [-0.1, -0.05) is 324 Å². The lowest BCUT2D eigenvalue weighted by molar-refractivity contribution is -0.161. The molecule has 92 heavy (non-hydrogen) atoms. The Bertz CT molecular complexity index is 1790. The van der Waals surface area contributed by atoms with Crippen LogP contribution in [0, 0.1) is 11.8 Å². The summed E-state index contributed by atoms with van der Waals surface area (Å²) in [5, 5.41) is 10.6. The number of carbonyl (C=O) groups is 4. The maximum Gasteiger partial charge on any atom is 0.472 e. The fourth-order valence-electron chi connectivity index (χ4n) is 11.1. The zero-order valence-corrected chi connectivity index (χ0v) is 61.6. The first kappa shape index (κ1) is 90.1. The van der Waals surface area contributed by atoms with Gasteiger partial charge in [0.1, 0.15) is 19.3 Å². The quantitative estimate of drug-likeness (QED) is 0.0222. The monoisotopic (exact) mass is 1350 g/mol. The van der Waals surface area contributed by atoms with Gasteiger partial charge in [-0.15, -0.1) is 0 Å². The van der Waals surface area contributed by atoms with Crippen LogP contribution in [0.5, 0.6) is 0 Å². The van der Waals surface area contributed by atoms with E-state index in [-0.39, 0.29) is 25.7 Å². The van der Waals surface area contributed by atoms with E-state index in [0.717, 1.165) is 108 Å². The number of rotatable bonds is 72. The van der Waals surface area contributed by atoms with Crippen LogP contribution in [0.1, 0.15) is 375 Å². The van der Waals surface area contributed by atoms with E-state index >= 15 is 0 Å². The predicted molar refractivity (Wildman–Crippen MR) is 372 cm³/mol. The minimum Gasteiger partial charge on any atom is -0.462 e. The molecular formula is C73H142O17P2.